The van der Waals surface area contributed by atoms with Gasteiger partial charge in [0.2, 0.25) is 5.71 Å². The van der Waals surface area contributed by atoms with Crippen molar-refractivity contribution in [3.8, 4) is 39.5 Å². The number of hydrogen-bond acceptors (Lipinski definition) is 3. The van der Waals surface area contributed by atoms with Gasteiger partial charge in [-0.15, -0.1) is 0 Å². The number of furan rings is 1. The topological polar surface area (TPSA) is 48.3 Å². The van der Waals surface area contributed by atoms with Crippen LogP contribution in [0.5, 0.6) is 0 Å². The highest BCUT2D eigenvalue weighted by Crippen LogP contribution is 2.48. The van der Waals surface area contributed by atoms with Crippen LogP contribution in [0, 0.1) is 0 Å². The zero-order valence-corrected chi connectivity index (χ0v) is 30.5. The van der Waals surface area contributed by atoms with E-state index >= 15 is 0 Å². The Morgan fingerprint density at radius 1 is 0.368 bits per heavy atom. The Kier molecular flexibility index (Phi) is 6.10. The van der Waals surface area contributed by atoms with Crippen molar-refractivity contribution in [1.29, 1.82) is 0 Å². The van der Waals surface area contributed by atoms with Gasteiger partial charge in [-0.1, -0.05) is 146 Å². The van der Waals surface area contributed by atoms with Crippen LogP contribution in [-0.4, -0.2) is 18.9 Å². The Labute approximate surface area is 325 Å². The molecular formula is C52H30N4O. The predicted octanol–water partition coefficient (Wildman–Crippen LogP) is 13.6. The van der Waals surface area contributed by atoms with Gasteiger partial charge in [0.05, 0.1) is 33.0 Å². The van der Waals surface area contributed by atoms with Gasteiger partial charge in [-0.05, 0) is 58.7 Å². The van der Waals surface area contributed by atoms with Gasteiger partial charge in [0.15, 0.2) is 11.6 Å². The third kappa shape index (κ3) is 4.23. The van der Waals surface area contributed by atoms with Gasteiger partial charge in [0.1, 0.15) is 5.58 Å². The summed E-state index contributed by atoms with van der Waals surface area (Å²) in [6.07, 6.45) is 0. The zero-order valence-electron chi connectivity index (χ0n) is 30.5. The van der Waals surface area contributed by atoms with Crippen LogP contribution in [0.25, 0.3) is 121 Å². The molecule has 0 spiro atoms. The largest absolute Gasteiger partial charge is 0.437 e. The Morgan fingerprint density at radius 2 is 0.965 bits per heavy atom. The Hall–Kier alpha value is -7.76. The van der Waals surface area contributed by atoms with E-state index in [2.05, 4.69) is 173 Å². The second-order valence-electron chi connectivity index (χ2n) is 14.9. The first-order chi connectivity index (χ1) is 28.3. The first kappa shape index (κ1) is 30.6. The molecule has 0 amide bonds. The summed E-state index contributed by atoms with van der Waals surface area (Å²) >= 11 is 0. The molecule has 0 bridgehead atoms. The zero-order chi connectivity index (χ0) is 37.2. The number of nitrogens with zero attached hydrogens (tertiary/aromatic N) is 4. The van der Waals surface area contributed by atoms with Crippen molar-refractivity contribution in [2.24, 2.45) is 0 Å². The summed E-state index contributed by atoms with van der Waals surface area (Å²) in [7, 11) is 0. The van der Waals surface area contributed by atoms with Crippen LogP contribution in [-0.2, 0) is 0 Å². The molecule has 5 nitrogen and oxygen atoms in total. The average molecular weight is 727 g/mol. The van der Waals surface area contributed by atoms with Gasteiger partial charge in [-0.3, -0.25) is 4.57 Å². The van der Waals surface area contributed by atoms with Crippen molar-refractivity contribution < 1.29 is 4.42 Å². The molecule has 264 valence electrons. The summed E-state index contributed by atoms with van der Waals surface area (Å²) in [6, 6.07) is 64.7. The molecule has 5 heterocycles. The smallest absolute Gasteiger partial charge is 0.233 e. The molecule has 0 radical (unpaired) electrons. The second-order valence-corrected chi connectivity index (χ2v) is 14.9. The minimum absolute atomic E-state index is 0.562. The standard InChI is InChI=1S/C52H30N4O/c1-3-13-31(14-4-1)33-23-25-34(26-24-33)50-53-51(48-38-19-9-12-22-45(38)57-52(48)54-50)56-43-28-27-35(32-15-5-2-6-16-32)29-40(43)46-44(56)30-39-36-17-7-10-20-41(36)55-42-21-11-8-18-37(42)47(46)49(39)55/h1-30H. The lowest BCUT2D eigenvalue weighted by Crippen LogP contribution is -2.02. The van der Waals surface area contributed by atoms with E-state index in [9.17, 15) is 0 Å². The van der Waals surface area contributed by atoms with E-state index in [1.165, 1.54) is 65.6 Å². The predicted molar refractivity (Wildman–Crippen MR) is 235 cm³/mol. The van der Waals surface area contributed by atoms with Crippen molar-refractivity contribution in [1.82, 2.24) is 18.9 Å². The van der Waals surface area contributed by atoms with Crippen molar-refractivity contribution in [2.45, 2.75) is 0 Å². The van der Waals surface area contributed by atoms with E-state index in [0.717, 1.165) is 44.3 Å². The van der Waals surface area contributed by atoms with E-state index in [0.29, 0.717) is 11.5 Å². The number of hydrogen-bond donors (Lipinski definition) is 0. The van der Waals surface area contributed by atoms with E-state index in [-0.39, 0.29) is 0 Å². The fourth-order valence-corrected chi connectivity index (χ4v) is 9.39. The highest BCUT2D eigenvalue weighted by atomic mass is 16.3. The van der Waals surface area contributed by atoms with E-state index in [4.69, 9.17) is 14.4 Å². The van der Waals surface area contributed by atoms with Crippen molar-refractivity contribution in [3.63, 3.8) is 0 Å². The molecule has 8 aromatic carbocycles. The summed E-state index contributed by atoms with van der Waals surface area (Å²) in [4.78, 5) is 10.7. The lowest BCUT2D eigenvalue weighted by atomic mass is 9.99. The number of benzene rings is 8. The first-order valence-electron chi connectivity index (χ1n) is 19.3. The molecule has 0 aliphatic rings. The van der Waals surface area contributed by atoms with Crippen LogP contribution in [0.3, 0.4) is 0 Å². The van der Waals surface area contributed by atoms with Gasteiger partial charge in [0.25, 0.3) is 0 Å². The minimum atomic E-state index is 0.562. The monoisotopic (exact) mass is 726 g/mol. The number of aromatic nitrogens is 4. The lowest BCUT2D eigenvalue weighted by Gasteiger charge is -2.11. The normalized spacial score (nSPS) is 12.2. The first-order valence-corrected chi connectivity index (χ1v) is 19.3. The number of rotatable bonds is 4. The summed E-state index contributed by atoms with van der Waals surface area (Å²) in [5, 5.41) is 9.18. The number of para-hydroxylation sites is 3. The molecule has 0 aliphatic heterocycles. The van der Waals surface area contributed by atoms with E-state index < -0.39 is 0 Å². The van der Waals surface area contributed by atoms with E-state index in [1.807, 2.05) is 18.2 Å². The van der Waals surface area contributed by atoms with Crippen LogP contribution in [0.2, 0.25) is 0 Å². The van der Waals surface area contributed by atoms with Crippen LogP contribution >= 0.6 is 0 Å². The van der Waals surface area contributed by atoms with Crippen LogP contribution < -0.4 is 0 Å². The summed E-state index contributed by atoms with van der Waals surface area (Å²) in [5.74, 6) is 1.40. The maximum absolute atomic E-state index is 6.59. The molecule has 0 atom stereocenters. The highest BCUT2D eigenvalue weighted by molar-refractivity contribution is 6.36. The van der Waals surface area contributed by atoms with Gasteiger partial charge in [-0.25, -0.2) is 4.98 Å². The molecule has 0 saturated carbocycles. The van der Waals surface area contributed by atoms with Crippen molar-refractivity contribution in [2.75, 3.05) is 0 Å². The molecule has 0 N–H and O–H groups in total. The molecular weight excluding hydrogens is 697 g/mol. The number of fused-ring (bicyclic) bond motifs is 13. The fraction of sp³-hybridized carbons (Fsp3) is 0. The molecule has 0 fully saturated rings. The van der Waals surface area contributed by atoms with Gasteiger partial charge >= 0.3 is 0 Å². The fourth-order valence-electron chi connectivity index (χ4n) is 9.39. The summed E-state index contributed by atoms with van der Waals surface area (Å²) < 4.78 is 11.4. The maximum Gasteiger partial charge on any atom is 0.233 e. The maximum atomic E-state index is 6.59. The average Bonchev–Trinajstić information content (AvgIpc) is 4.02. The molecule has 0 aliphatic carbocycles. The molecule has 5 aromatic heterocycles. The summed E-state index contributed by atoms with van der Waals surface area (Å²) in [5.41, 5.74) is 12.7. The van der Waals surface area contributed by atoms with Crippen LogP contribution in [0.15, 0.2) is 186 Å². The Balaban J connectivity index is 1.20. The van der Waals surface area contributed by atoms with Gasteiger partial charge < -0.3 is 8.82 Å². The third-order valence-corrected chi connectivity index (χ3v) is 11.9. The van der Waals surface area contributed by atoms with Crippen LogP contribution in [0.1, 0.15) is 0 Å². The molecule has 13 rings (SSSR count). The van der Waals surface area contributed by atoms with Crippen LogP contribution in [0.4, 0.5) is 0 Å². The Bertz CT molecular complexity index is 3730. The molecule has 5 heteroatoms. The lowest BCUT2D eigenvalue weighted by molar-refractivity contribution is 0.653. The molecule has 13 aromatic rings. The van der Waals surface area contributed by atoms with Gasteiger partial charge in [0, 0.05) is 43.3 Å². The van der Waals surface area contributed by atoms with E-state index in [1.54, 1.807) is 0 Å². The quantitative estimate of drug-likeness (QED) is 0.181. The van der Waals surface area contributed by atoms with Gasteiger partial charge in [-0.2, -0.15) is 4.98 Å². The summed E-state index contributed by atoms with van der Waals surface area (Å²) in [6.45, 7) is 0. The van der Waals surface area contributed by atoms with Crippen molar-refractivity contribution >= 4 is 82.0 Å². The van der Waals surface area contributed by atoms with Crippen molar-refractivity contribution in [3.05, 3.63) is 182 Å². The molecule has 0 saturated heterocycles. The Morgan fingerprint density at radius 3 is 1.74 bits per heavy atom. The molecule has 57 heavy (non-hydrogen) atoms. The second kappa shape index (κ2) is 11.4. The molecule has 0 unspecified atom stereocenters. The highest BCUT2D eigenvalue weighted by Gasteiger charge is 2.27. The SMILES string of the molecule is c1ccc(-c2ccc(-c3nc(-n4c5ccc(-c6ccccc6)cc5c5c6c7ccccc7n7c8ccccc8c(cc54)c67)c4c(n3)oc3ccccc34)cc2)cc1. The third-order valence-electron chi connectivity index (χ3n) is 11.9. The minimum Gasteiger partial charge on any atom is -0.437 e.